The van der Waals surface area contributed by atoms with Gasteiger partial charge in [-0.05, 0) is 41.3 Å². The number of aromatic hydroxyl groups is 1. The van der Waals surface area contributed by atoms with Crippen LogP contribution in [0, 0.1) is 0 Å². The van der Waals surface area contributed by atoms with Gasteiger partial charge < -0.3 is 41.9 Å². The molecule has 13 heteroatoms. The number of fused-ring (bicyclic) bond motifs is 1. The van der Waals surface area contributed by atoms with Crippen molar-refractivity contribution in [3.8, 4) is 5.75 Å². The summed E-state index contributed by atoms with van der Waals surface area (Å²) < 4.78 is 0. The second-order valence-electron chi connectivity index (χ2n) is 11.5. The van der Waals surface area contributed by atoms with E-state index in [1.807, 2.05) is 54.6 Å². The van der Waals surface area contributed by atoms with Gasteiger partial charge in [0.15, 0.2) is 0 Å². The molecule has 3 aromatic carbocycles. The quantitative estimate of drug-likeness (QED) is 0.0832. The molecule has 0 spiro atoms. The van der Waals surface area contributed by atoms with Crippen LogP contribution in [-0.2, 0) is 44.9 Å². The van der Waals surface area contributed by atoms with E-state index in [-0.39, 0.29) is 31.4 Å². The molecule has 0 radical (unpaired) electrons. The molecule has 4 atom stereocenters. The molecule has 5 rings (SSSR count). The molecule has 0 saturated heterocycles. The molecular formula is C35H37N7O6. The fraction of sp³-hybridized carbons (Fsp3) is 0.229. The topological polar surface area (TPSA) is 215 Å². The average Bonchev–Trinajstić information content (AvgIpc) is 3.75. The molecule has 5 aromatic rings. The third-order valence-electron chi connectivity index (χ3n) is 7.97. The number of H-pyrrole nitrogens is 2. The molecule has 0 aliphatic heterocycles. The number of hydrogen-bond donors (Lipinski definition) is 8. The Balaban J connectivity index is 1.39. The zero-order chi connectivity index (χ0) is 34.0. The highest BCUT2D eigenvalue weighted by Crippen LogP contribution is 2.20. The van der Waals surface area contributed by atoms with Crippen molar-refractivity contribution in [3.63, 3.8) is 0 Å². The minimum Gasteiger partial charge on any atom is -0.508 e. The second kappa shape index (κ2) is 15.6. The number of nitrogens with two attached hydrogens (primary N) is 1. The summed E-state index contributed by atoms with van der Waals surface area (Å²) in [4.78, 5) is 63.1. The average molecular weight is 652 g/mol. The molecule has 0 bridgehead atoms. The molecule has 248 valence electrons. The van der Waals surface area contributed by atoms with Crippen LogP contribution in [-0.4, -0.2) is 73.0 Å². The van der Waals surface area contributed by atoms with Crippen LogP contribution in [0.3, 0.4) is 0 Å². The minimum absolute atomic E-state index is 0.0192. The van der Waals surface area contributed by atoms with E-state index < -0.39 is 47.9 Å². The van der Waals surface area contributed by atoms with Crippen LogP contribution in [0.5, 0.6) is 5.75 Å². The third kappa shape index (κ3) is 8.85. The summed E-state index contributed by atoms with van der Waals surface area (Å²) in [6, 6.07) is 18.2. The summed E-state index contributed by atoms with van der Waals surface area (Å²) in [5.41, 5.74) is 9.76. The van der Waals surface area contributed by atoms with Crippen LogP contribution in [0.15, 0.2) is 97.6 Å². The van der Waals surface area contributed by atoms with Crippen molar-refractivity contribution in [2.75, 3.05) is 0 Å². The zero-order valence-corrected chi connectivity index (χ0v) is 25.9. The number of carbonyl (C=O) groups excluding carboxylic acids is 3. The SMILES string of the molecule is NC(Cc1ccccc1)C(=O)NC(Cc1ccc(O)cc1)C(=O)NC(Cc1c[nH]c2ccccc12)C(=O)NC(Cc1cnc[nH]1)C(=O)O. The number of aliphatic carboxylic acids is 1. The fourth-order valence-electron chi connectivity index (χ4n) is 5.41. The number of para-hydroxylation sites is 1. The lowest BCUT2D eigenvalue weighted by atomic mass is 10.0. The lowest BCUT2D eigenvalue weighted by molar-refractivity contribution is -0.142. The predicted octanol–water partition coefficient (Wildman–Crippen LogP) is 1.73. The number of hydrogen-bond acceptors (Lipinski definition) is 7. The molecule has 2 aromatic heterocycles. The Morgan fingerprint density at radius 3 is 2.02 bits per heavy atom. The standard InChI is InChI=1S/C35H37N7O6/c36-27(14-21-6-2-1-3-7-21)32(44)40-29(15-22-10-12-25(43)13-11-22)33(45)41-30(16-23-18-38-28-9-5-4-8-26(23)28)34(46)42-31(35(47)48)17-24-19-37-20-39-24/h1-13,18-20,27,29-31,38,43H,14-17,36H2,(H,37,39)(H,40,44)(H,41,45)(H,42,46)(H,47,48). The summed E-state index contributed by atoms with van der Waals surface area (Å²) >= 11 is 0. The summed E-state index contributed by atoms with van der Waals surface area (Å²) in [6.45, 7) is 0. The summed E-state index contributed by atoms with van der Waals surface area (Å²) in [7, 11) is 0. The van der Waals surface area contributed by atoms with E-state index in [9.17, 15) is 29.4 Å². The van der Waals surface area contributed by atoms with Gasteiger partial charge in [0, 0.05) is 48.3 Å². The molecule has 0 fully saturated rings. The van der Waals surface area contributed by atoms with Gasteiger partial charge in [-0.1, -0.05) is 60.7 Å². The summed E-state index contributed by atoms with van der Waals surface area (Å²) in [5, 5.41) is 28.6. The first-order valence-electron chi connectivity index (χ1n) is 15.4. The Morgan fingerprint density at radius 1 is 0.708 bits per heavy atom. The van der Waals surface area contributed by atoms with E-state index >= 15 is 0 Å². The van der Waals surface area contributed by atoms with Crippen LogP contribution < -0.4 is 21.7 Å². The van der Waals surface area contributed by atoms with Crippen molar-refractivity contribution in [1.82, 2.24) is 30.9 Å². The van der Waals surface area contributed by atoms with E-state index in [2.05, 4.69) is 30.9 Å². The number of nitrogens with zero attached hydrogens (tertiary/aromatic N) is 1. The normalized spacial score (nSPS) is 13.6. The van der Waals surface area contributed by atoms with E-state index in [4.69, 9.17) is 5.73 Å². The predicted molar refractivity (Wildman–Crippen MR) is 178 cm³/mol. The number of aromatic amines is 2. The molecule has 48 heavy (non-hydrogen) atoms. The van der Waals surface area contributed by atoms with Crippen molar-refractivity contribution in [3.05, 3.63) is 120 Å². The Kier molecular flexibility index (Phi) is 10.8. The van der Waals surface area contributed by atoms with Gasteiger partial charge in [0.2, 0.25) is 17.7 Å². The van der Waals surface area contributed by atoms with E-state index in [0.717, 1.165) is 22.0 Å². The Morgan fingerprint density at radius 2 is 1.33 bits per heavy atom. The first-order valence-corrected chi connectivity index (χ1v) is 15.4. The van der Waals surface area contributed by atoms with Gasteiger partial charge in [-0.2, -0.15) is 0 Å². The number of amides is 3. The van der Waals surface area contributed by atoms with E-state index in [1.165, 1.54) is 24.7 Å². The van der Waals surface area contributed by atoms with Crippen LogP contribution >= 0.6 is 0 Å². The summed E-state index contributed by atoms with van der Waals surface area (Å²) in [5.74, 6) is -3.20. The summed E-state index contributed by atoms with van der Waals surface area (Å²) in [6.07, 6.45) is 4.82. The number of rotatable bonds is 15. The molecule has 4 unspecified atom stereocenters. The number of phenolic OH excluding ortho intramolecular Hbond substituents is 1. The van der Waals surface area contributed by atoms with E-state index in [0.29, 0.717) is 11.3 Å². The molecule has 13 nitrogen and oxygen atoms in total. The molecule has 3 amide bonds. The maximum Gasteiger partial charge on any atom is 0.326 e. The number of carboxylic acid groups (broad SMARTS) is 1. The highest BCUT2D eigenvalue weighted by molar-refractivity contribution is 5.95. The zero-order valence-electron chi connectivity index (χ0n) is 25.9. The largest absolute Gasteiger partial charge is 0.508 e. The number of benzene rings is 3. The molecule has 0 aliphatic carbocycles. The molecule has 2 heterocycles. The number of carboxylic acids is 1. The maximum absolute atomic E-state index is 14.0. The fourth-order valence-corrected chi connectivity index (χ4v) is 5.41. The number of imidazole rings is 1. The monoisotopic (exact) mass is 651 g/mol. The Bertz CT molecular complexity index is 1840. The highest BCUT2D eigenvalue weighted by atomic mass is 16.4. The number of carbonyl (C=O) groups is 4. The van der Waals surface area contributed by atoms with Crippen LogP contribution in [0.1, 0.15) is 22.4 Å². The van der Waals surface area contributed by atoms with Gasteiger partial charge in [0.05, 0.1) is 12.4 Å². The van der Waals surface area contributed by atoms with Crippen molar-refractivity contribution < 1.29 is 29.4 Å². The molecule has 9 N–H and O–H groups in total. The van der Waals surface area contributed by atoms with Crippen LogP contribution in [0.2, 0.25) is 0 Å². The van der Waals surface area contributed by atoms with Crippen LogP contribution in [0.25, 0.3) is 10.9 Å². The van der Waals surface area contributed by atoms with Crippen molar-refractivity contribution in [2.45, 2.75) is 49.9 Å². The Hall–Kier alpha value is -5.95. The van der Waals surface area contributed by atoms with Gasteiger partial charge in [0.1, 0.15) is 23.9 Å². The third-order valence-corrected chi connectivity index (χ3v) is 7.97. The lowest BCUT2D eigenvalue weighted by Gasteiger charge is -2.25. The van der Waals surface area contributed by atoms with Gasteiger partial charge >= 0.3 is 5.97 Å². The van der Waals surface area contributed by atoms with Gasteiger partial charge in [-0.25, -0.2) is 9.78 Å². The first-order chi connectivity index (χ1) is 23.2. The van der Waals surface area contributed by atoms with Gasteiger partial charge in [-0.15, -0.1) is 0 Å². The van der Waals surface area contributed by atoms with Gasteiger partial charge in [-0.3, -0.25) is 14.4 Å². The highest BCUT2D eigenvalue weighted by Gasteiger charge is 2.31. The minimum atomic E-state index is -1.32. The van der Waals surface area contributed by atoms with Crippen LogP contribution in [0.4, 0.5) is 0 Å². The second-order valence-corrected chi connectivity index (χ2v) is 11.5. The number of aromatic nitrogens is 3. The van der Waals surface area contributed by atoms with Crippen molar-refractivity contribution in [1.29, 1.82) is 0 Å². The van der Waals surface area contributed by atoms with E-state index in [1.54, 1.807) is 18.3 Å². The van der Waals surface area contributed by atoms with Crippen molar-refractivity contribution in [2.24, 2.45) is 5.73 Å². The Labute approximate surface area is 276 Å². The molecule has 0 aliphatic rings. The van der Waals surface area contributed by atoms with Gasteiger partial charge in [0.25, 0.3) is 0 Å². The van der Waals surface area contributed by atoms with Crippen molar-refractivity contribution >= 4 is 34.6 Å². The first kappa shape index (κ1) is 33.4. The maximum atomic E-state index is 14.0. The number of nitrogens with one attached hydrogen (secondary N) is 5. The lowest BCUT2D eigenvalue weighted by Crippen LogP contribution is -2.58. The molecular weight excluding hydrogens is 614 g/mol. The number of phenols is 1. The molecule has 0 saturated carbocycles. The smallest absolute Gasteiger partial charge is 0.326 e.